The number of aliphatic carboxylic acids is 1. The zero-order valence-corrected chi connectivity index (χ0v) is 11.9. The molecule has 0 saturated heterocycles. The van der Waals surface area contributed by atoms with Crippen molar-refractivity contribution in [3.8, 4) is 0 Å². The quantitative estimate of drug-likeness (QED) is 0.908. The molecular formula is C17H19NO3. The van der Waals surface area contributed by atoms with Crippen molar-refractivity contribution in [2.24, 2.45) is 11.8 Å². The third-order valence-electron chi connectivity index (χ3n) is 5.48. The summed E-state index contributed by atoms with van der Waals surface area (Å²) in [7, 11) is 0. The zero-order valence-electron chi connectivity index (χ0n) is 11.9. The minimum atomic E-state index is -0.837. The van der Waals surface area contributed by atoms with Gasteiger partial charge in [-0.1, -0.05) is 31.0 Å². The van der Waals surface area contributed by atoms with Crippen molar-refractivity contribution >= 4 is 17.6 Å². The summed E-state index contributed by atoms with van der Waals surface area (Å²) >= 11 is 0. The van der Waals surface area contributed by atoms with Crippen LogP contribution in [0.1, 0.15) is 37.7 Å². The van der Waals surface area contributed by atoms with Crippen LogP contribution in [0.25, 0.3) is 0 Å². The summed E-state index contributed by atoms with van der Waals surface area (Å²) in [5, 5.41) is 9.04. The van der Waals surface area contributed by atoms with Gasteiger partial charge in [-0.05, 0) is 30.9 Å². The van der Waals surface area contributed by atoms with E-state index in [1.807, 2.05) is 23.1 Å². The average molecular weight is 285 g/mol. The first-order valence-electron chi connectivity index (χ1n) is 7.76. The summed E-state index contributed by atoms with van der Waals surface area (Å²) < 4.78 is 0. The van der Waals surface area contributed by atoms with Crippen molar-refractivity contribution in [2.45, 2.75) is 37.5 Å². The Hall–Kier alpha value is -1.84. The highest BCUT2D eigenvalue weighted by atomic mass is 16.4. The van der Waals surface area contributed by atoms with Crippen LogP contribution in [0.2, 0.25) is 0 Å². The van der Waals surface area contributed by atoms with Crippen LogP contribution in [-0.4, -0.2) is 23.5 Å². The van der Waals surface area contributed by atoms with Crippen LogP contribution in [0.4, 0.5) is 5.69 Å². The fraction of sp³-hybridized carbons (Fsp3) is 0.529. The average Bonchev–Trinajstić information content (AvgIpc) is 3.06. The summed E-state index contributed by atoms with van der Waals surface area (Å²) in [4.78, 5) is 25.6. The van der Waals surface area contributed by atoms with Gasteiger partial charge in [0, 0.05) is 17.6 Å². The molecule has 2 atom stereocenters. The molecular weight excluding hydrogens is 266 g/mol. The van der Waals surface area contributed by atoms with E-state index in [-0.39, 0.29) is 17.2 Å². The Morgan fingerprint density at radius 3 is 2.52 bits per heavy atom. The standard InChI is InChI=1S/C17H19NO3/c19-15(11-9-12(11)16(20)21)18-10-17(7-3-4-8-17)13-5-1-2-6-14(13)18/h1-2,5-6,11-12H,3-4,7-10H2,(H,20,21). The molecule has 110 valence electrons. The van der Waals surface area contributed by atoms with E-state index in [0.717, 1.165) is 25.1 Å². The second-order valence-electron chi connectivity index (χ2n) is 6.72. The minimum absolute atomic E-state index is 0.0126. The van der Waals surface area contributed by atoms with Crippen molar-refractivity contribution in [2.75, 3.05) is 11.4 Å². The Kier molecular flexibility index (Phi) is 2.65. The lowest BCUT2D eigenvalue weighted by Gasteiger charge is -2.24. The number of anilines is 1. The number of nitrogens with zero attached hydrogens (tertiary/aromatic N) is 1. The lowest BCUT2D eigenvalue weighted by molar-refractivity contribution is -0.140. The molecule has 1 aromatic rings. The van der Waals surface area contributed by atoms with Gasteiger partial charge in [-0.2, -0.15) is 0 Å². The van der Waals surface area contributed by atoms with E-state index < -0.39 is 11.9 Å². The summed E-state index contributed by atoms with van der Waals surface area (Å²) in [6.45, 7) is 0.744. The fourth-order valence-electron chi connectivity index (χ4n) is 4.25. The summed E-state index contributed by atoms with van der Waals surface area (Å²) in [6, 6.07) is 8.17. The van der Waals surface area contributed by atoms with Crippen molar-refractivity contribution in [1.29, 1.82) is 0 Å². The number of carbonyl (C=O) groups excluding carboxylic acids is 1. The van der Waals surface area contributed by atoms with Crippen LogP contribution >= 0.6 is 0 Å². The molecule has 1 heterocycles. The van der Waals surface area contributed by atoms with Gasteiger partial charge in [0.15, 0.2) is 0 Å². The van der Waals surface area contributed by atoms with Crippen molar-refractivity contribution in [3.05, 3.63) is 29.8 Å². The lowest BCUT2D eigenvalue weighted by Crippen LogP contribution is -2.37. The van der Waals surface area contributed by atoms with E-state index in [2.05, 4.69) is 6.07 Å². The zero-order chi connectivity index (χ0) is 14.6. The molecule has 2 aliphatic carbocycles. The van der Waals surface area contributed by atoms with Crippen LogP contribution in [0.5, 0.6) is 0 Å². The smallest absolute Gasteiger partial charge is 0.307 e. The van der Waals surface area contributed by atoms with Gasteiger partial charge in [0.2, 0.25) is 5.91 Å². The van der Waals surface area contributed by atoms with Gasteiger partial charge in [0.25, 0.3) is 0 Å². The maximum absolute atomic E-state index is 12.7. The predicted octanol–water partition coefficient (Wildman–Crippen LogP) is 2.57. The van der Waals surface area contributed by atoms with Crippen molar-refractivity contribution < 1.29 is 14.7 Å². The van der Waals surface area contributed by atoms with Crippen molar-refractivity contribution in [1.82, 2.24) is 0 Å². The van der Waals surface area contributed by atoms with Crippen molar-refractivity contribution in [3.63, 3.8) is 0 Å². The van der Waals surface area contributed by atoms with Gasteiger partial charge in [-0.25, -0.2) is 0 Å². The van der Waals surface area contributed by atoms with Gasteiger partial charge in [0.1, 0.15) is 0 Å². The molecule has 1 aromatic carbocycles. The van der Waals surface area contributed by atoms with E-state index in [9.17, 15) is 9.59 Å². The van der Waals surface area contributed by atoms with E-state index >= 15 is 0 Å². The monoisotopic (exact) mass is 285 g/mol. The molecule has 4 nitrogen and oxygen atoms in total. The number of hydrogen-bond donors (Lipinski definition) is 1. The Labute approximate surface area is 123 Å². The molecule has 0 bridgehead atoms. The highest BCUT2D eigenvalue weighted by molar-refractivity contribution is 6.02. The first-order chi connectivity index (χ1) is 10.1. The number of carbonyl (C=O) groups is 2. The Morgan fingerprint density at radius 2 is 1.86 bits per heavy atom. The number of carboxylic acid groups (broad SMARTS) is 1. The van der Waals surface area contributed by atoms with Crippen LogP contribution in [0.15, 0.2) is 24.3 Å². The molecule has 2 fully saturated rings. The maximum Gasteiger partial charge on any atom is 0.307 e. The van der Waals surface area contributed by atoms with Crippen LogP contribution in [0, 0.1) is 11.8 Å². The van der Waals surface area contributed by atoms with Crippen LogP contribution in [-0.2, 0) is 15.0 Å². The molecule has 0 aromatic heterocycles. The predicted molar refractivity (Wildman–Crippen MR) is 78.2 cm³/mol. The second kappa shape index (κ2) is 4.33. The summed E-state index contributed by atoms with van der Waals surface area (Å²) in [6.07, 6.45) is 5.22. The Morgan fingerprint density at radius 1 is 1.14 bits per heavy atom. The Balaban J connectivity index is 1.66. The SMILES string of the molecule is O=C(O)C1CC1C(=O)N1CC2(CCCC2)c2ccccc21. The number of hydrogen-bond acceptors (Lipinski definition) is 2. The maximum atomic E-state index is 12.7. The number of fused-ring (bicyclic) bond motifs is 2. The number of amides is 1. The first-order valence-corrected chi connectivity index (χ1v) is 7.76. The Bertz CT molecular complexity index is 618. The van der Waals surface area contributed by atoms with E-state index in [4.69, 9.17) is 5.11 Å². The molecule has 3 aliphatic rings. The molecule has 2 saturated carbocycles. The minimum Gasteiger partial charge on any atom is -0.481 e. The number of benzene rings is 1. The summed E-state index contributed by atoms with van der Waals surface area (Å²) in [5.41, 5.74) is 2.43. The number of rotatable bonds is 2. The van der Waals surface area contributed by atoms with Gasteiger partial charge in [-0.3, -0.25) is 9.59 Å². The van der Waals surface area contributed by atoms with Gasteiger partial charge in [-0.15, -0.1) is 0 Å². The highest BCUT2D eigenvalue weighted by Crippen LogP contribution is 2.52. The van der Waals surface area contributed by atoms with Gasteiger partial charge >= 0.3 is 5.97 Å². The number of para-hydroxylation sites is 1. The third-order valence-corrected chi connectivity index (χ3v) is 5.48. The topological polar surface area (TPSA) is 57.6 Å². The lowest BCUT2D eigenvalue weighted by atomic mass is 9.81. The van der Waals surface area contributed by atoms with Crippen LogP contribution < -0.4 is 4.90 Å². The first kappa shape index (κ1) is 12.9. The van der Waals surface area contributed by atoms with Gasteiger partial charge < -0.3 is 10.0 Å². The van der Waals surface area contributed by atoms with E-state index in [1.54, 1.807) is 0 Å². The summed E-state index contributed by atoms with van der Waals surface area (Å²) in [5.74, 6) is -1.60. The molecule has 1 N–H and O–H groups in total. The molecule has 4 heteroatoms. The van der Waals surface area contributed by atoms with E-state index in [1.165, 1.54) is 18.4 Å². The molecule has 1 aliphatic heterocycles. The molecule has 2 unspecified atom stereocenters. The second-order valence-corrected chi connectivity index (χ2v) is 6.72. The molecule has 4 rings (SSSR count). The molecule has 0 radical (unpaired) electrons. The fourth-order valence-corrected chi connectivity index (χ4v) is 4.25. The highest BCUT2D eigenvalue weighted by Gasteiger charge is 2.53. The third kappa shape index (κ3) is 1.81. The molecule has 1 spiro atoms. The molecule has 1 amide bonds. The number of carboxylic acids is 1. The van der Waals surface area contributed by atoms with E-state index in [0.29, 0.717) is 6.42 Å². The largest absolute Gasteiger partial charge is 0.481 e. The molecule has 21 heavy (non-hydrogen) atoms. The normalized spacial score (nSPS) is 28.7. The van der Waals surface area contributed by atoms with Crippen LogP contribution in [0.3, 0.4) is 0 Å². The van der Waals surface area contributed by atoms with Gasteiger partial charge in [0.05, 0.1) is 11.8 Å².